The van der Waals surface area contributed by atoms with Gasteiger partial charge in [0.05, 0.1) is 6.42 Å². The van der Waals surface area contributed by atoms with Crippen LogP contribution in [0.3, 0.4) is 0 Å². The zero-order valence-corrected chi connectivity index (χ0v) is 13.0. The Labute approximate surface area is 120 Å². The van der Waals surface area contributed by atoms with E-state index in [-0.39, 0.29) is 11.8 Å². The minimum atomic E-state index is -0.802. The second kappa shape index (κ2) is 7.41. The van der Waals surface area contributed by atoms with Gasteiger partial charge in [-0.1, -0.05) is 40.5 Å². The molecular weight excluding hydrogens is 256 g/mol. The van der Waals surface area contributed by atoms with Crippen molar-refractivity contribution in [3.8, 4) is 0 Å². The summed E-state index contributed by atoms with van der Waals surface area (Å²) in [6.07, 6.45) is 4.95. The molecular formula is C15H26N2O3. The fourth-order valence-electron chi connectivity index (χ4n) is 2.34. The first-order valence-corrected chi connectivity index (χ1v) is 7.42. The topological polar surface area (TPSA) is 76.2 Å². The Morgan fingerprint density at radius 1 is 1.35 bits per heavy atom. The van der Waals surface area contributed by atoms with Crippen LogP contribution < -0.4 is 0 Å². The Kier molecular flexibility index (Phi) is 6.17. The Morgan fingerprint density at radius 3 is 2.60 bits per heavy atom. The van der Waals surface area contributed by atoms with Gasteiger partial charge in [-0.05, 0) is 18.3 Å². The maximum atomic E-state index is 10.8. The highest BCUT2D eigenvalue weighted by molar-refractivity contribution is 5.67. The van der Waals surface area contributed by atoms with Gasteiger partial charge in [0, 0.05) is 12.3 Å². The van der Waals surface area contributed by atoms with Crippen molar-refractivity contribution in [3.63, 3.8) is 0 Å². The molecule has 1 unspecified atom stereocenters. The average Bonchev–Trinajstić information content (AvgIpc) is 2.76. The van der Waals surface area contributed by atoms with E-state index in [1.54, 1.807) is 0 Å². The smallest absolute Gasteiger partial charge is 0.303 e. The van der Waals surface area contributed by atoms with E-state index in [9.17, 15) is 4.79 Å². The Hall–Kier alpha value is -1.39. The lowest BCUT2D eigenvalue weighted by Crippen LogP contribution is -2.19. The number of carboxylic acids is 1. The SMILES string of the molecule is CCCCC(CC)c1nnc(CC(C)(C)CC(=O)O)o1. The number of hydrogen-bond donors (Lipinski definition) is 1. The Morgan fingerprint density at radius 2 is 2.05 bits per heavy atom. The minimum absolute atomic E-state index is 0.0950. The molecule has 0 aromatic carbocycles. The van der Waals surface area contributed by atoms with Crippen LogP contribution in [0.15, 0.2) is 4.42 Å². The van der Waals surface area contributed by atoms with Crippen LogP contribution in [-0.2, 0) is 11.2 Å². The minimum Gasteiger partial charge on any atom is -0.481 e. The first-order valence-electron chi connectivity index (χ1n) is 7.42. The molecule has 1 atom stereocenters. The van der Waals surface area contributed by atoms with Gasteiger partial charge in [-0.15, -0.1) is 10.2 Å². The third-order valence-corrected chi connectivity index (χ3v) is 3.49. The van der Waals surface area contributed by atoms with Gasteiger partial charge in [0.25, 0.3) is 0 Å². The zero-order chi connectivity index (χ0) is 15.2. The Bertz CT molecular complexity index is 427. The number of aromatic nitrogens is 2. The molecule has 0 saturated heterocycles. The first-order chi connectivity index (χ1) is 9.38. The van der Waals surface area contributed by atoms with Gasteiger partial charge in [0.1, 0.15) is 0 Å². The van der Waals surface area contributed by atoms with E-state index >= 15 is 0 Å². The van der Waals surface area contributed by atoms with Crippen molar-refractivity contribution in [2.24, 2.45) is 5.41 Å². The van der Waals surface area contributed by atoms with Gasteiger partial charge in [-0.3, -0.25) is 4.79 Å². The molecule has 0 aliphatic rings. The van der Waals surface area contributed by atoms with Crippen molar-refractivity contribution in [2.75, 3.05) is 0 Å². The number of carbonyl (C=O) groups is 1. The molecule has 1 heterocycles. The van der Waals surface area contributed by atoms with Crippen LogP contribution in [0.1, 0.15) is 77.5 Å². The lowest BCUT2D eigenvalue weighted by molar-refractivity contribution is -0.139. The number of rotatable bonds is 9. The molecule has 0 aliphatic carbocycles. The third kappa shape index (κ3) is 5.31. The standard InChI is InChI=1S/C15H26N2O3/c1-5-7-8-11(6-2)14-17-16-12(20-14)9-15(3,4)10-13(18)19/h11H,5-10H2,1-4H3,(H,18,19). The number of carboxylic acid groups (broad SMARTS) is 1. The van der Waals surface area contributed by atoms with Crippen molar-refractivity contribution in [1.29, 1.82) is 0 Å². The molecule has 5 heteroatoms. The lowest BCUT2D eigenvalue weighted by atomic mass is 9.86. The largest absolute Gasteiger partial charge is 0.481 e. The molecule has 0 aliphatic heterocycles. The molecule has 1 N–H and O–H groups in total. The predicted octanol–water partition coefficient (Wildman–Crippen LogP) is 3.80. The van der Waals surface area contributed by atoms with Gasteiger partial charge in [-0.25, -0.2) is 0 Å². The van der Waals surface area contributed by atoms with Crippen LogP contribution in [-0.4, -0.2) is 21.3 Å². The zero-order valence-electron chi connectivity index (χ0n) is 13.0. The number of nitrogens with zero attached hydrogens (tertiary/aromatic N) is 2. The van der Waals surface area contributed by atoms with E-state index in [1.165, 1.54) is 0 Å². The van der Waals surface area contributed by atoms with E-state index in [0.717, 1.165) is 25.7 Å². The molecule has 0 spiro atoms. The fourth-order valence-corrected chi connectivity index (χ4v) is 2.34. The summed E-state index contributed by atoms with van der Waals surface area (Å²) in [7, 11) is 0. The summed E-state index contributed by atoms with van der Waals surface area (Å²) < 4.78 is 5.74. The van der Waals surface area contributed by atoms with Gasteiger partial charge in [0.15, 0.2) is 0 Å². The van der Waals surface area contributed by atoms with E-state index < -0.39 is 5.97 Å². The van der Waals surface area contributed by atoms with Crippen molar-refractivity contribution in [1.82, 2.24) is 10.2 Å². The fraction of sp³-hybridized carbons (Fsp3) is 0.800. The second-order valence-electron chi connectivity index (χ2n) is 6.19. The van der Waals surface area contributed by atoms with Crippen molar-refractivity contribution in [2.45, 2.75) is 72.1 Å². The normalized spacial score (nSPS) is 13.4. The van der Waals surface area contributed by atoms with Crippen LogP contribution in [0.2, 0.25) is 0 Å². The van der Waals surface area contributed by atoms with Gasteiger partial charge < -0.3 is 9.52 Å². The molecule has 5 nitrogen and oxygen atoms in total. The molecule has 0 bridgehead atoms. The van der Waals surface area contributed by atoms with E-state index in [4.69, 9.17) is 9.52 Å². The molecule has 1 rings (SSSR count). The molecule has 0 amide bonds. The second-order valence-corrected chi connectivity index (χ2v) is 6.19. The molecule has 20 heavy (non-hydrogen) atoms. The highest BCUT2D eigenvalue weighted by Crippen LogP contribution is 2.28. The first kappa shape index (κ1) is 16.7. The van der Waals surface area contributed by atoms with E-state index in [1.807, 2.05) is 13.8 Å². The van der Waals surface area contributed by atoms with Crippen LogP contribution in [0, 0.1) is 5.41 Å². The molecule has 1 aromatic heterocycles. The predicted molar refractivity (Wildman–Crippen MR) is 76.6 cm³/mol. The van der Waals surface area contributed by atoms with E-state index in [2.05, 4.69) is 24.0 Å². The number of unbranched alkanes of at least 4 members (excludes halogenated alkanes) is 1. The van der Waals surface area contributed by atoms with Crippen molar-refractivity contribution < 1.29 is 14.3 Å². The van der Waals surface area contributed by atoms with Crippen LogP contribution in [0.25, 0.3) is 0 Å². The maximum Gasteiger partial charge on any atom is 0.303 e. The third-order valence-electron chi connectivity index (χ3n) is 3.49. The highest BCUT2D eigenvalue weighted by Gasteiger charge is 2.26. The lowest BCUT2D eigenvalue weighted by Gasteiger charge is -2.19. The molecule has 0 radical (unpaired) electrons. The summed E-state index contributed by atoms with van der Waals surface area (Å²) in [4.78, 5) is 10.8. The summed E-state index contributed by atoms with van der Waals surface area (Å²) in [5.41, 5.74) is -0.374. The van der Waals surface area contributed by atoms with Gasteiger partial charge in [-0.2, -0.15) is 0 Å². The summed E-state index contributed by atoms with van der Waals surface area (Å²) >= 11 is 0. The average molecular weight is 282 g/mol. The summed E-state index contributed by atoms with van der Waals surface area (Å²) in [5, 5.41) is 17.1. The van der Waals surface area contributed by atoms with Crippen LogP contribution >= 0.6 is 0 Å². The molecule has 0 fully saturated rings. The van der Waals surface area contributed by atoms with Crippen molar-refractivity contribution >= 4 is 5.97 Å². The number of aliphatic carboxylic acids is 1. The highest BCUT2D eigenvalue weighted by atomic mass is 16.4. The quantitative estimate of drug-likeness (QED) is 0.745. The van der Waals surface area contributed by atoms with Crippen LogP contribution in [0.5, 0.6) is 0 Å². The molecule has 114 valence electrons. The molecule has 1 aromatic rings. The monoisotopic (exact) mass is 282 g/mol. The Balaban J connectivity index is 2.68. The van der Waals surface area contributed by atoms with Crippen LogP contribution in [0.4, 0.5) is 0 Å². The maximum absolute atomic E-state index is 10.8. The van der Waals surface area contributed by atoms with E-state index in [0.29, 0.717) is 24.1 Å². The van der Waals surface area contributed by atoms with Crippen molar-refractivity contribution in [3.05, 3.63) is 11.8 Å². The molecule has 0 saturated carbocycles. The summed E-state index contributed by atoms with van der Waals surface area (Å²) in [6.45, 7) is 8.09. The van der Waals surface area contributed by atoms with Gasteiger partial charge >= 0.3 is 5.97 Å². The summed E-state index contributed by atoms with van der Waals surface area (Å²) in [5.74, 6) is 0.756. The summed E-state index contributed by atoms with van der Waals surface area (Å²) in [6, 6.07) is 0. The van der Waals surface area contributed by atoms with Gasteiger partial charge in [0.2, 0.25) is 11.8 Å². The number of hydrogen-bond acceptors (Lipinski definition) is 4.